The Morgan fingerprint density at radius 3 is 2.48 bits per heavy atom. The molecule has 21 heavy (non-hydrogen) atoms. The largest absolute Gasteiger partial charge is 0.293 e. The summed E-state index contributed by atoms with van der Waals surface area (Å²) in [6, 6.07) is 8.13. The molecule has 2 rings (SSSR count). The van der Waals surface area contributed by atoms with Gasteiger partial charge in [0.15, 0.2) is 15.6 Å². The van der Waals surface area contributed by atoms with E-state index >= 15 is 0 Å². The van der Waals surface area contributed by atoms with Crippen molar-refractivity contribution in [2.45, 2.75) is 4.90 Å². The number of hydrogen-bond donors (Lipinski definition) is 0. The van der Waals surface area contributed by atoms with Crippen molar-refractivity contribution >= 4 is 31.6 Å². The lowest BCUT2D eigenvalue weighted by molar-refractivity contribution is 0.101. The third kappa shape index (κ3) is 3.74. The third-order valence-corrected chi connectivity index (χ3v) is 4.81. The summed E-state index contributed by atoms with van der Waals surface area (Å²) < 4.78 is 51.3. The minimum Gasteiger partial charge on any atom is -0.293 e. The van der Waals surface area contributed by atoms with E-state index in [1.54, 1.807) is 6.07 Å². The molecule has 2 aromatic carbocycles. The van der Waals surface area contributed by atoms with Crippen molar-refractivity contribution in [1.29, 1.82) is 0 Å². The number of halogens is 3. The maximum atomic E-state index is 13.5. The summed E-state index contributed by atoms with van der Waals surface area (Å²) in [5, 5.41) is 0. The van der Waals surface area contributed by atoms with Crippen LogP contribution in [-0.2, 0) is 9.84 Å². The van der Waals surface area contributed by atoms with Crippen molar-refractivity contribution in [2.24, 2.45) is 0 Å². The normalized spacial score (nSPS) is 11.4. The first kappa shape index (κ1) is 15.8. The molecule has 0 heterocycles. The standard InChI is InChI=1S/C14H9BrF2O3S/c15-9-2-1-3-11(6-9)21(19,20)8-14(18)12-7-10(16)4-5-13(12)17/h1-7H,8H2. The molecule has 0 saturated heterocycles. The Kier molecular flexibility index (Phi) is 4.53. The molecule has 0 unspecified atom stereocenters. The van der Waals surface area contributed by atoms with Crippen LogP contribution >= 0.6 is 15.9 Å². The van der Waals surface area contributed by atoms with Gasteiger partial charge in [0.25, 0.3) is 0 Å². The average molecular weight is 375 g/mol. The second-order valence-corrected chi connectivity index (χ2v) is 7.17. The van der Waals surface area contributed by atoms with Crippen LogP contribution in [0.2, 0.25) is 0 Å². The van der Waals surface area contributed by atoms with E-state index in [9.17, 15) is 22.0 Å². The van der Waals surface area contributed by atoms with Crippen LogP contribution in [0.5, 0.6) is 0 Å². The van der Waals surface area contributed by atoms with Crippen LogP contribution in [0.3, 0.4) is 0 Å². The van der Waals surface area contributed by atoms with E-state index in [0.29, 0.717) is 10.5 Å². The maximum absolute atomic E-state index is 13.5. The summed E-state index contributed by atoms with van der Waals surface area (Å²) in [5.41, 5.74) is -0.575. The van der Waals surface area contributed by atoms with Crippen molar-refractivity contribution in [3.05, 3.63) is 64.1 Å². The molecule has 0 saturated carbocycles. The molecule has 0 aliphatic heterocycles. The summed E-state index contributed by atoms with van der Waals surface area (Å²) in [7, 11) is -3.93. The zero-order chi connectivity index (χ0) is 15.6. The van der Waals surface area contributed by atoms with Gasteiger partial charge in [-0.05, 0) is 36.4 Å². The molecule has 0 amide bonds. The highest BCUT2D eigenvalue weighted by Gasteiger charge is 2.23. The lowest BCUT2D eigenvalue weighted by Gasteiger charge is -2.05. The minimum atomic E-state index is -3.93. The number of benzene rings is 2. The van der Waals surface area contributed by atoms with Crippen LogP contribution in [0.4, 0.5) is 8.78 Å². The molecular weight excluding hydrogens is 366 g/mol. The molecule has 0 radical (unpaired) electrons. The monoisotopic (exact) mass is 374 g/mol. The molecule has 0 aromatic heterocycles. The van der Waals surface area contributed by atoms with Crippen molar-refractivity contribution in [3.63, 3.8) is 0 Å². The highest BCUT2D eigenvalue weighted by molar-refractivity contribution is 9.10. The zero-order valence-corrected chi connectivity index (χ0v) is 12.9. The molecule has 0 bridgehead atoms. The molecular formula is C14H9BrF2O3S. The highest BCUT2D eigenvalue weighted by atomic mass is 79.9. The molecule has 0 aliphatic rings. The van der Waals surface area contributed by atoms with Crippen LogP contribution in [-0.4, -0.2) is 20.0 Å². The predicted molar refractivity (Wildman–Crippen MR) is 76.9 cm³/mol. The van der Waals surface area contributed by atoms with E-state index in [2.05, 4.69) is 15.9 Å². The smallest absolute Gasteiger partial charge is 0.185 e. The number of carbonyl (C=O) groups is 1. The Morgan fingerprint density at radius 1 is 1.10 bits per heavy atom. The number of rotatable bonds is 4. The van der Waals surface area contributed by atoms with E-state index in [-0.39, 0.29) is 4.90 Å². The first-order valence-electron chi connectivity index (χ1n) is 5.76. The lowest BCUT2D eigenvalue weighted by Crippen LogP contribution is -2.17. The first-order chi connectivity index (χ1) is 9.79. The summed E-state index contributed by atoms with van der Waals surface area (Å²) >= 11 is 3.13. The fraction of sp³-hybridized carbons (Fsp3) is 0.0714. The number of hydrogen-bond acceptors (Lipinski definition) is 3. The highest BCUT2D eigenvalue weighted by Crippen LogP contribution is 2.19. The van der Waals surface area contributed by atoms with Crippen LogP contribution in [0.25, 0.3) is 0 Å². The van der Waals surface area contributed by atoms with Gasteiger partial charge in [0, 0.05) is 4.47 Å². The van der Waals surface area contributed by atoms with Crippen LogP contribution in [0.15, 0.2) is 51.8 Å². The lowest BCUT2D eigenvalue weighted by atomic mass is 10.1. The topological polar surface area (TPSA) is 51.2 Å². The zero-order valence-electron chi connectivity index (χ0n) is 10.5. The molecule has 0 fully saturated rings. The molecule has 2 aromatic rings. The van der Waals surface area contributed by atoms with Gasteiger partial charge in [-0.15, -0.1) is 0 Å². The summed E-state index contributed by atoms with van der Waals surface area (Å²) in [5.74, 6) is -3.68. The Hall–Kier alpha value is -1.60. The fourth-order valence-corrected chi connectivity index (χ4v) is 3.52. The van der Waals surface area contributed by atoms with Gasteiger partial charge in [0.1, 0.15) is 17.4 Å². The molecule has 0 spiro atoms. The quantitative estimate of drug-likeness (QED) is 0.770. The van der Waals surface area contributed by atoms with Crippen LogP contribution in [0.1, 0.15) is 10.4 Å². The average Bonchev–Trinajstić information content (AvgIpc) is 2.41. The van der Waals surface area contributed by atoms with Gasteiger partial charge in [-0.3, -0.25) is 4.79 Å². The molecule has 0 atom stereocenters. The molecule has 7 heteroatoms. The van der Waals surface area contributed by atoms with Gasteiger partial charge < -0.3 is 0 Å². The van der Waals surface area contributed by atoms with E-state index in [4.69, 9.17) is 0 Å². The van der Waals surface area contributed by atoms with Crippen molar-refractivity contribution in [3.8, 4) is 0 Å². The fourth-order valence-electron chi connectivity index (χ4n) is 1.71. The molecule has 3 nitrogen and oxygen atoms in total. The van der Waals surface area contributed by atoms with E-state index < -0.39 is 38.6 Å². The summed E-state index contributed by atoms with van der Waals surface area (Å²) in [6.45, 7) is 0. The van der Waals surface area contributed by atoms with Gasteiger partial charge >= 0.3 is 0 Å². The number of carbonyl (C=O) groups excluding carboxylic acids is 1. The van der Waals surface area contributed by atoms with Crippen molar-refractivity contribution in [1.82, 2.24) is 0 Å². The van der Waals surface area contributed by atoms with E-state index in [1.165, 1.54) is 18.2 Å². The number of ketones is 1. The van der Waals surface area contributed by atoms with Gasteiger partial charge in [0.05, 0.1) is 10.5 Å². The first-order valence-corrected chi connectivity index (χ1v) is 8.21. The SMILES string of the molecule is O=C(CS(=O)(=O)c1cccc(Br)c1)c1cc(F)ccc1F. The molecule has 0 N–H and O–H groups in total. The third-order valence-electron chi connectivity index (χ3n) is 2.71. The summed E-state index contributed by atoms with van der Waals surface area (Å²) in [6.07, 6.45) is 0. The molecule has 110 valence electrons. The molecule has 0 aliphatic carbocycles. The van der Waals surface area contributed by atoms with Gasteiger partial charge in [-0.2, -0.15) is 0 Å². The van der Waals surface area contributed by atoms with Gasteiger partial charge in [0.2, 0.25) is 0 Å². The van der Waals surface area contributed by atoms with Crippen LogP contribution < -0.4 is 0 Å². The van der Waals surface area contributed by atoms with Gasteiger partial charge in [-0.25, -0.2) is 17.2 Å². The number of Topliss-reactive ketones (excluding diaryl/α,β-unsaturated/α-hetero) is 1. The Bertz CT molecular complexity index is 804. The van der Waals surface area contributed by atoms with Crippen molar-refractivity contribution < 1.29 is 22.0 Å². The second-order valence-electron chi connectivity index (χ2n) is 4.26. The van der Waals surface area contributed by atoms with E-state index in [0.717, 1.165) is 12.1 Å². The number of sulfone groups is 1. The second kappa shape index (κ2) is 6.03. The predicted octanol–water partition coefficient (Wildman–Crippen LogP) is 3.38. The Labute approximate surface area is 128 Å². The minimum absolute atomic E-state index is 0.0676. The Morgan fingerprint density at radius 2 is 1.81 bits per heavy atom. The van der Waals surface area contributed by atoms with E-state index in [1.807, 2.05) is 0 Å². The van der Waals surface area contributed by atoms with Crippen LogP contribution in [0, 0.1) is 11.6 Å². The van der Waals surface area contributed by atoms with Gasteiger partial charge in [-0.1, -0.05) is 22.0 Å². The Balaban J connectivity index is 2.32. The summed E-state index contributed by atoms with van der Waals surface area (Å²) in [4.78, 5) is 11.8. The maximum Gasteiger partial charge on any atom is 0.185 e. The van der Waals surface area contributed by atoms with Crippen molar-refractivity contribution in [2.75, 3.05) is 5.75 Å².